The van der Waals surface area contributed by atoms with Gasteiger partial charge in [0.15, 0.2) is 0 Å². The maximum Gasteiger partial charge on any atom is 0.124 e. The van der Waals surface area contributed by atoms with Gasteiger partial charge in [-0.1, -0.05) is 0 Å². The molecule has 0 radical (unpaired) electrons. The Balaban J connectivity index is 2.09. The summed E-state index contributed by atoms with van der Waals surface area (Å²) in [5.41, 5.74) is 1.30. The fraction of sp³-hybridized carbons (Fsp3) is 0.769. The number of hydrogen-bond acceptors (Lipinski definition) is 2. The van der Waals surface area contributed by atoms with Gasteiger partial charge in [0, 0.05) is 30.4 Å². The summed E-state index contributed by atoms with van der Waals surface area (Å²) in [6.07, 6.45) is 1.99. The lowest BCUT2D eigenvalue weighted by Crippen LogP contribution is -2.37. The van der Waals surface area contributed by atoms with Crippen LogP contribution in [0.2, 0.25) is 0 Å². The van der Waals surface area contributed by atoms with Crippen LogP contribution in [-0.2, 0) is 19.6 Å². The average Bonchev–Trinajstić information content (AvgIpc) is 2.55. The van der Waals surface area contributed by atoms with Gasteiger partial charge in [-0.2, -0.15) is 5.10 Å². The van der Waals surface area contributed by atoms with Crippen molar-refractivity contribution in [3.05, 3.63) is 17.5 Å². The normalized spacial score (nSPS) is 17.5. The molecule has 2 heterocycles. The molecule has 96 valence electrons. The smallest absolute Gasteiger partial charge is 0.124 e. The third-order valence-corrected chi connectivity index (χ3v) is 3.11. The van der Waals surface area contributed by atoms with Crippen LogP contribution >= 0.6 is 0 Å². The molecule has 17 heavy (non-hydrogen) atoms. The zero-order valence-corrected chi connectivity index (χ0v) is 11.4. The first kappa shape index (κ1) is 12.6. The molecule has 0 N–H and O–H groups in total. The Bertz CT molecular complexity index is 386. The first-order chi connectivity index (χ1) is 7.65. The second-order valence-corrected chi connectivity index (χ2v) is 6.54. The van der Waals surface area contributed by atoms with Crippen molar-refractivity contribution >= 4 is 0 Å². The van der Waals surface area contributed by atoms with E-state index in [-0.39, 0.29) is 5.54 Å². The molecular weight excluding hydrogens is 217 g/mol. The van der Waals surface area contributed by atoms with Gasteiger partial charge in [-0.05, 0) is 34.6 Å². The number of halogens is 1. The molecule has 0 bridgehead atoms. The largest absolute Gasteiger partial charge is 0.288 e. The van der Waals surface area contributed by atoms with E-state index in [1.807, 2.05) is 6.20 Å². The predicted octanol–water partition coefficient (Wildman–Crippen LogP) is 2.75. The van der Waals surface area contributed by atoms with Crippen molar-refractivity contribution < 1.29 is 4.39 Å². The Labute approximate surface area is 103 Å². The third kappa shape index (κ3) is 2.86. The fourth-order valence-electron chi connectivity index (χ4n) is 2.15. The minimum atomic E-state index is -1.20. The van der Waals surface area contributed by atoms with E-state index in [4.69, 9.17) is 0 Å². The predicted molar refractivity (Wildman–Crippen MR) is 66.4 cm³/mol. The van der Waals surface area contributed by atoms with Crippen LogP contribution < -0.4 is 0 Å². The summed E-state index contributed by atoms with van der Waals surface area (Å²) in [5, 5.41) is 4.47. The summed E-state index contributed by atoms with van der Waals surface area (Å²) < 4.78 is 15.3. The van der Waals surface area contributed by atoms with Gasteiger partial charge < -0.3 is 0 Å². The number of rotatable bonds is 2. The van der Waals surface area contributed by atoms with Crippen molar-refractivity contribution in [2.75, 3.05) is 0 Å². The zero-order chi connectivity index (χ0) is 12.8. The van der Waals surface area contributed by atoms with E-state index in [0.29, 0.717) is 6.54 Å². The van der Waals surface area contributed by atoms with E-state index >= 15 is 0 Å². The molecule has 1 aromatic heterocycles. The van der Waals surface area contributed by atoms with Crippen LogP contribution in [0.1, 0.15) is 45.9 Å². The SMILES string of the molecule is CC(C)(F)Cn1cc2c(n1)CN(C(C)(C)C)C2. The zero-order valence-electron chi connectivity index (χ0n) is 11.4. The van der Waals surface area contributed by atoms with Crippen molar-refractivity contribution in [2.45, 2.75) is 65.5 Å². The van der Waals surface area contributed by atoms with Crippen molar-refractivity contribution in [2.24, 2.45) is 0 Å². The first-order valence-corrected chi connectivity index (χ1v) is 6.14. The minimum absolute atomic E-state index is 0.165. The molecule has 3 nitrogen and oxygen atoms in total. The number of nitrogens with zero attached hydrogens (tertiary/aromatic N) is 3. The van der Waals surface area contributed by atoms with E-state index < -0.39 is 5.67 Å². The minimum Gasteiger partial charge on any atom is -0.288 e. The van der Waals surface area contributed by atoms with Gasteiger partial charge in [0.2, 0.25) is 0 Å². The van der Waals surface area contributed by atoms with E-state index in [1.165, 1.54) is 5.56 Å². The highest BCUT2D eigenvalue weighted by atomic mass is 19.1. The molecule has 0 unspecified atom stereocenters. The summed E-state index contributed by atoms with van der Waals surface area (Å²) in [6.45, 7) is 11.9. The molecule has 1 aliphatic rings. The second kappa shape index (κ2) is 3.80. The molecule has 0 aliphatic carbocycles. The topological polar surface area (TPSA) is 21.1 Å². The monoisotopic (exact) mass is 239 g/mol. The molecule has 0 atom stereocenters. The summed E-state index contributed by atoms with van der Waals surface area (Å²) in [5.74, 6) is 0. The lowest BCUT2D eigenvalue weighted by molar-refractivity contribution is 0.132. The maximum absolute atomic E-state index is 13.5. The Morgan fingerprint density at radius 3 is 2.35 bits per heavy atom. The molecule has 2 rings (SSSR count). The lowest BCUT2D eigenvalue weighted by atomic mass is 10.1. The number of aromatic nitrogens is 2. The molecule has 1 aliphatic heterocycles. The van der Waals surface area contributed by atoms with Crippen LogP contribution in [0, 0.1) is 0 Å². The van der Waals surface area contributed by atoms with Gasteiger partial charge in [-0.3, -0.25) is 9.58 Å². The van der Waals surface area contributed by atoms with Crippen LogP contribution in [0.25, 0.3) is 0 Å². The molecule has 0 saturated heterocycles. The molecule has 0 saturated carbocycles. The van der Waals surface area contributed by atoms with Gasteiger partial charge in [-0.15, -0.1) is 0 Å². The van der Waals surface area contributed by atoms with Crippen molar-refractivity contribution in [1.82, 2.24) is 14.7 Å². The van der Waals surface area contributed by atoms with E-state index in [2.05, 4.69) is 30.8 Å². The Kier molecular flexibility index (Phi) is 2.81. The third-order valence-electron chi connectivity index (χ3n) is 3.11. The summed E-state index contributed by atoms with van der Waals surface area (Å²) in [7, 11) is 0. The lowest BCUT2D eigenvalue weighted by Gasteiger charge is -2.31. The van der Waals surface area contributed by atoms with Gasteiger partial charge in [0.25, 0.3) is 0 Å². The highest BCUT2D eigenvalue weighted by molar-refractivity contribution is 5.22. The molecule has 0 amide bonds. The Morgan fingerprint density at radius 2 is 1.88 bits per heavy atom. The number of fused-ring (bicyclic) bond motifs is 1. The van der Waals surface area contributed by atoms with Crippen LogP contribution in [0.5, 0.6) is 0 Å². The molecule has 0 fully saturated rings. The standard InChI is InChI=1S/C13H22FN3/c1-12(2,3)16-6-10-7-17(9-13(4,5)14)15-11(10)8-16/h7H,6,8-9H2,1-5H3. The average molecular weight is 239 g/mol. The highest BCUT2D eigenvalue weighted by Gasteiger charge is 2.30. The number of alkyl halides is 1. The summed E-state index contributed by atoms with van der Waals surface area (Å²) in [4.78, 5) is 2.38. The van der Waals surface area contributed by atoms with Gasteiger partial charge in [-0.25, -0.2) is 4.39 Å². The second-order valence-electron chi connectivity index (χ2n) is 6.54. The van der Waals surface area contributed by atoms with Crippen molar-refractivity contribution in [1.29, 1.82) is 0 Å². The summed E-state index contributed by atoms with van der Waals surface area (Å²) >= 11 is 0. The van der Waals surface area contributed by atoms with Crippen LogP contribution in [-0.4, -0.2) is 25.9 Å². The van der Waals surface area contributed by atoms with Crippen LogP contribution in [0.3, 0.4) is 0 Å². The van der Waals surface area contributed by atoms with Gasteiger partial charge in [0.1, 0.15) is 5.67 Å². The molecule has 0 spiro atoms. The molecule has 0 aromatic carbocycles. The van der Waals surface area contributed by atoms with Crippen LogP contribution in [0.15, 0.2) is 6.20 Å². The molecule has 4 heteroatoms. The Morgan fingerprint density at radius 1 is 1.24 bits per heavy atom. The maximum atomic E-state index is 13.5. The van der Waals surface area contributed by atoms with E-state index in [1.54, 1.807) is 18.5 Å². The first-order valence-electron chi connectivity index (χ1n) is 6.14. The summed E-state index contributed by atoms with van der Waals surface area (Å²) in [6, 6.07) is 0. The molecule has 1 aromatic rings. The number of hydrogen-bond donors (Lipinski definition) is 0. The van der Waals surface area contributed by atoms with Crippen molar-refractivity contribution in [3.63, 3.8) is 0 Å². The quantitative estimate of drug-likeness (QED) is 0.791. The van der Waals surface area contributed by atoms with E-state index in [9.17, 15) is 4.39 Å². The van der Waals surface area contributed by atoms with Gasteiger partial charge >= 0.3 is 0 Å². The fourth-order valence-corrected chi connectivity index (χ4v) is 2.15. The van der Waals surface area contributed by atoms with Crippen LogP contribution in [0.4, 0.5) is 4.39 Å². The molecular formula is C13H22FN3. The van der Waals surface area contributed by atoms with Crippen molar-refractivity contribution in [3.8, 4) is 0 Å². The van der Waals surface area contributed by atoms with E-state index in [0.717, 1.165) is 18.8 Å². The van der Waals surface area contributed by atoms with Gasteiger partial charge in [0.05, 0.1) is 12.2 Å². The Hall–Kier alpha value is -0.900. The highest BCUT2D eigenvalue weighted by Crippen LogP contribution is 2.28.